The minimum atomic E-state index is -0.670. The Bertz CT molecular complexity index is 744. The van der Waals surface area contributed by atoms with Crippen molar-refractivity contribution in [2.75, 3.05) is 0 Å². The number of phenolic OH excluding ortho intramolecular Hbond substituents is 1. The van der Waals surface area contributed by atoms with Gasteiger partial charge in [0.25, 0.3) is 0 Å². The highest BCUT2D eigenvalue weighted by atomic mass is 16.6. The van der Waals surface area contributed by atoms with Crippen molar-refractivity contribution >= 4 is 11.5 Å². The van der Waals surface area contributed by atoms with Crippen LogP contribution < -0.4 is 15.5 Å². The molecule has 0 radical (unpaired) electrons. The van der Waals surface area contributed by atoms with Gasteiger partial charge in [0.2, 0.25) is 0 Å². The van der Waals surface area contributed by atoms with Gasteiger partial charge in [-0.15, -0.1) is 4.91 Å². The largest absolute Gasteiger partial charge is 0.505 e. The fourth-order valence-corrected chi connectivity index (χ4v) is 1.98. The van der Waals surface area contributed by atoms with Crippen LogP contribution in [-0.4, -0.2) is 10.9 Å². The van der Waals surface area contributed by atoms with E-state index >= 15 is 0 Å². The Morgan fingerprint density at radius 2 is 2.00 bits per heavy atom. The molecule has 23 heavy (non-hydrogen) atoms. The van der Waals surface area contributed by atoms with Gasteiger partial charge in [-0.2, -0.15) is 5.90 Å². The summed E-state index contributed by atoms with van der Waals surface area (Å²) in [6, 6.07) is 10.4. The van der Waals surface area contributed by atoms with Crippen molar-refractivity contribution in [3.8, 4) is 17.2 Å². The first-order chi connectivity index (χ1) is 11.1. The lowest BCUT2D eigenvalue weighted by Crippen LogP contribution is -2.07. The van der Waals surface area contributed by atoms with Crippen molar-refractivity contribution in [2.45, 2.75) is 6.61 Å². The molecule has 0 saturated carbocycles. The zero-order chi connectivity index (χ0) is 16.8. The third-order valence-electron chi connectivity index (χ3n) is 3.09. The highest BCUT2D eigenvalue weighted by Crippen LogP contribution is 2.44. The number of carbonyl (C=O) groups excluding carboxylic acids is 1. The van der Waals surface area contributed by atoms with E-state index in [0.717, 1.165) is 11.6 Å². The first-order valence-electron chi connectivity index (χ1n) is 6.56. The number of nitroso groups, excluding NO2 is 1. The summed E-state index contributed by atoms with van der Waals surface area (Å²) in [5, 5.41) is 12.7. The number of aromatic hydroxyl groups is 1. The van der Waals surface area contributed by atoms with Crippen LogP contribution in [-0.2, 0) is 6.61 Å². The number of phenols is 1. The molecule has 2 aromatic carbocycles. The number of benzene rings is 2. The number of nitrogens with two attached hydrogens (primary N) is 1. The maximum absolute atomic E-state index is 12.0. The van der Waals surface area contributed by atoms with Gasteiger partial charge in [0, 0.05) is 6.07 Å². The van der Waals surface area contributed by atoms with Crippen molar-refractivity contribution in [1.82, 2.24) is 0 Å². The second kappa shape index (κ2) is 7.19. The average Bonchev–Trinajstić information content (AvgIpc) is 2.59. The van der Waals surface area contributed by atoms with Gasteiger partial charge in [-0.1, -0.05) is 36.9 Å². The number of allylic oxidation sites excluding steroid dienone is 1. The molecular weight excluding hydrogens is 300 g/mol. The van der Waals surface area contributed by atoms with Crippen LogP contribution in [0.2, 0.25) is 0 Å². The highest BCUT2D eigenvalue weighted by molar-refractivity contribution is 6.09. The fraction of sp³-hybridized carbons (Fsp3) is 0.0625. The lowest BCUT2D eigenvalue weighted by molar-refractivity contribution is 0.104. The van der Waals surface area contributed by atoms with Gasteiger partial charge >= 0.3 is 0 Å². The Morgan fingerprint density at radius 3 is 2.57 bits per heavy atom. The van der Waals surface area contributed by atoms with Gasteiger partial charge in [0.05, 0.1) is 0 Å². The average molecular weight is 314 g/mol. The van der Waals surface area contributed by atoms with Crippen molar-refractivity contribution in [2.24, 2.45) is 11.1 Å². The van der Waals surface area contributed by atoms with Crippen molar-refractivity contribution in [3.63, 3.8) is 0 Å². The van der Waals surface area contributed by atoms with Gasteiger partial charge in [0.1, 0.15) is 17.9 Å². The van der Waals surface area contributed by atoms with E-state index in [0.29, 0.717) is 0 Å². The van der Waals surface area contributed by atoms with Gasteiger partial charge in [-0.05, 0) is 16.8 Å². The summed E-state index contributed by atoms with van der Waals surface area (Å²) in [6.07, 6.45) is 0.988. The highest BCUT2D eigenvalue weighted by Gasteiger charge is 2.24. The van der Waals surface area contributed by atoms with Crippen molar-refractivity contribution in [3.05, 3.63) is 65.1 Å². The summed E-state index contributed by atoms with van der Waals surface area (Å²) in [5.74, 6) is 3.56. The van der Waals surface area contributed by atoms with Crippen LogP contribution in [0.3, 0.4) is 0 Å². The molecule has 2 aromatic rings. The van der Waals surface area contributed by atoms with E-state index in [1.807, 2.05) is 30.3 Å². The first kappa shape index (κ1) is 16.2. The summed E-state index contributed by atoms with van der Waals surface area (Å²) < 4.78 is 5.56. The van der Waals surface area contributed by atoms with E-state index in [-0.39, 0.29) is 23.7 Å². The number of nitrogens with zero attached hydrogens (tertiary/aromatic N) is 1. The molecule has 7 nitrogen and oxygen atoms in total. The third-order valence-corrected chi connectivity index (χ3v) is 3.09. The monoisotopic (exact) mass is 314 g/mol. The second-order valence-corrected chi connectivity index (χ2v) is 4.50. The van der Waals surface area contributed by atoms with Gasteiger partial charge in [-0.3, -0.25) is 4.79 Å². The number of carbonyl (C=O) groups is 1. The zero-order valence-electron chi connectivity index (χ0n) is 12.1. The van der Waals surface area contributed by atoms with Crippen LogP contribution >= 0.6 is 0 Å². The Balaban J connectivity index is 2.47. The molecule has 3 N–H and O–H groups in total. The van der Waals surface area contributed by atoms with Gasteiger partial charge in [-0.25, -0.2) is 0 Å². The van der Waals surface area contributed by atoms with Crippen LogP contribution in [0.4, 0.5) is 5.69 Å². The van der Waals surface area contributed by atoms with E-state index in [9.17, 15) is 14.8 Å². The number of hydrogen-bond donors (Lipinski definition) is 2. The molecule has 0 unspecified atom stereocenters. The quantitative estimate of drug-likeness (QED) is 0.352. The predicted octanol–water partition coefficient (Wildman–Crippen LogP) is 2.99. The fourth-order valence-electron chi connectivity index (χ4n) is 1.98. The third kappa shape index (κ3) is 3.35. The maximum Gasteiger partial charge on any atom is 0.195 e. The molecule has 118 valence electrons. The maximum atomic E-state index is 12.0. The van der Waals surface area contributed by atoms with Gasteiger partial charge in [0.15, 0.2) is 23.0 Å². The Morgan fingerprint density at radius 1 is 1.30 bits per heavy atom. The topological polar surface area (TPSA) is 111 Å². The minimum Gasteiger partial charge on any atom is -0.505 e. The smallest absolute Gasteiger partial charge is 0.195 e. The second-order valence-electron chi connectivity index (χ2n) is 4.50. The Hall–Kier alpha value is -3.19. The molecular formula is C16H14N2O5. The molecule has 0 atom stereocenters. The van der Waals surface area contributed by atoms with Crippen molar-refractivity contribution in [1.29, 1.82) is 0 Å². The lowest BCUT2D eigenvalue weighted by Gasteiger charge is -2.14. The van der Waals surface area contributed by atoms with E-state index in [1.54, 1.807) is 0 Å². The molecule has 0 spiro atoms. The summed E-state index contributed by atoms with van der Waals surface area (Å²) in [7, 11) is 0. The van der Waals surface area contributed by atoms with E-state index in [1.165, 1.54) is 6.07 Å². The zero-order valence-corrected chi connectivity index (χ0v) is 12.1. The standard InChI is InChI=1S/C16H14N2O5/c1-2-11(19)14-12(22-9-10-6-4-3-5-7-10)8-13(23-17)15(18-21)16(14)20/h2-8,20H,1,9,17H2. The van der Waals surface area contributed by atoms with E-state index in [4.69, 9.17) is 10.6 Å². The molecule has 0 heterocycles. The molecule has 0 amide bonds. The van der Waals surface area contributed by atoms with Crippen molar-refractivity contribution < 1.29 is 19.5 Å². The summed E-state index contributed by atoms with van der Waals surface area (Å²) in [5.41, 5.74) is 0.132. The van der Waals surface area contributed by atoms with Crippen LogP contribution in [0.1, 0.15) is 15.9 Å². The lowest BCUT2D eigenvalue weighted by atomic mass is 10.1. The van der Waals surface area contributed by atoms with Crippen LogP contribution in [0.5, 0.6) is 17.2 Å². The van der Waals surface area contributed by atoms with Gasteiger partial charge < -0.3 is 14.7 Å². The normalized spacial score (nSPS) is 9.96. The molecule has 0 saturated heterocycles. The molecule has 0 fully saturated rings. The number of rotatable bonds is 7. The summed E-state index contributed by atoms with van der Waals surface area (Å²) in [6.45, 7) is 3.49. The predicted molar refractivity (Wildman–Crippen MR) is 83.7 cm³/mol. The molecule has 2 rings (SSSR count). The molecule has 0 aliphatic carbocycles. The van der Waals surface area contributed by atoms with Crippen LogP contribution in [0.15, 0.2) is 54.2 Å². The van der Waals surface area contributed by atoms with Crippen LogP contribution in [0.25, 0.3) is 0 Å². The number of hydrogen-bond acceptors (Lipinski definition) is 7. The van der Waals surface area contributed by atoms with Crippen LogP contribution in [0, 0.1) is 4.91 Å². The summed E-state index contributed by atoms with van der Waals surface area (Å²) >= 11 is 0. The summed E-state index contributed by atoms with van der Waals surface area (Å²) in [4.78, 5) is 27.3. The first-order valence-corrected chi connectivity index (χ1v) is 6.56. The molecule has 7 heteroatoms. The van der Waals surface area contributed by atoms with E-state index < -0.39 is 17.2 Å². The Kier molecular flexibility index (Phi) is 5.06. The van der Waals surface area contributed by atoms with E-state index in [2.05, 4.69) is 16.6 Å². The number of ketones is 1. The molecule has 0 aliphatic rings. The molecule has 0 aliphatic heterocycles. The molecule has 0 bridgehead atoms. The number of ether oxygens (including phenoxy) is 1. The Labute approximate surface area is 131 Å². The SMILES string of the molecule is C=CC(=O)c1c(OCc2ccccc2)cc(ON)c(N=O)c1O. The minimum absolute atomic E-state index is 0.00380. The molecule has 0 aromatic heterocycles.